The smallest absolute Gasteiger partial charge is 0.177 e. The van der Waals surface area contributed by atoms with Crippen molar-refractivity contribution >= 4 is 40.0 Å². The van der Waals surface area contributed by atoms with Gasteiger partial charge in [0.1, 0.15) is 11.5 Å². The van der Waals surface area contributed by atoms with Gasteiger partial charge in [-0.05, 0) is 53.6 Å². The van der Waals surface area contributed by atoms with Crippen LogP contribution < -0.4 is 9.47 Å². The van der Waals surface area contributed by atoms with Crippen LogP contribution in [0.15, 0.2) is 71.9 Å². The van der Waals surface area contributed by atoms with Gasteiger partial charge in [-0.1, -0.05) is 64.2 Å². The maximum Gasteiger partial charge on any atom is 0.177 e. The number of nitrogens with zero attached hydrogens (tertiary/aromatic N) is 1. The highest BCUT2D eigenvalue weighted by Gasteiger charge is 2.17. The SMILES string of the molecule is COc1ccc(C(O/N=C(\Cl)c2cc(Cl)cc(Cl)c2)c2ccc(OC)cc2)cc1. The summed E-state index contributed by atoms with van der Waals surface area (Å²) in [5.74, 6) is 1.50. The van der Waals surface area contributed by atoms with E-state index in [1.165, 1.54) is 0 Å². The average Bonchev–Trinajstić information content (AvgIpc) is 2.74. The molecule has 0 aliphatic heterocycles. The zero-order valence-corrected chi connectivity index (χ0v) is 18.0. The van der Waals surface area contributed by atoms with Crippen LogP contribution in [0.1, 0.15) is 22.8 Å². The molecule has 3 rings (SSSR count). The first-order chi connectivity index (χ1) is 14.0. The largest absolute Gasteiger partial charge is 0.497 e. The molecule has 0 amide bonds. The quantitative estimate of drug-likeness (QED) is 0.296. The van der Waals surface area contributed by atoms with Crippen LogP contribution in [0.25, 0.3) is 0 Å². The second-order valence-electron chi connectivity index (χ2n) is 6.07. The molecule has 29 heavy (non-hydrogen) atoms. The summed E-state index contributed by atoms with van der Waals surface area (Å²) in [6.07, 6.45) is -0.491. The summed E-state index contributed by atoms with van der Waals surface area (Å²) in [6.45, 7) is 0. The maximum absolute atomic E-state index is 6.33. The molecule has 0 heterocycles. The second-order valence-corrected chi connectivity index (χ2v) is 7.30. The fourth-order valence-electron chi connectivity index (χ4n) is 2.70. The number of ether oxygens (including phenoxy) is 2. The van der Waals surface area contributed by atoms with Crippen molar-refractivity contribution < 1.29 is 14.3 Å². The normalized spacial score (nSPS) is 11.4. The van der Waals surface area contributed by atoms with Crippen LogP contribution >= 0.6 is 34.8 Å². The second kappa shape index (κ2) is 9.88. The Morgan fingerprint density at radius 2 is 1.21 bits per heavy atom. The van der Waals surface area contributed by atoms with Crippen LogP contribution in [0.3, 0.4) is 0 Å². The van der Waals surface area contributed by atoms with Crippen LogP contribution in [0.2, 0.25) is 10.0 Å². The molecular formula is C22H18Cl3NO3. The molecule has 0 N–H and O–H groups in total. The van der Waals surface area contributed by atoms with Crippen LogP contribution in [0, 0.1) is 0 Å². The van der Waals surface area contributed by atoms with Gasteiger partial charge >= 0.3 is 0 Å². The van der Waals surface area contributed by atoms with E-state index in [9.17, 15) is 0 Å². The molecule has 0 unspecified atom stereocenters. The number of oxime groups is 1. The Morgan fingerprint density at radius 1 is 0.759 bits per heavy atom. The van der Waals surface area contributed by atoms with Crippen LogP contribution in [-0.4, -0.2) is 19.4 Å². The highest BCUT2D eigenvalue weighted by atomic mass is 35.5. The molecule has 0 spiro atoms. The van der Waals surface area contributed by atoms with Crippen molar-refractivity contribution in [2.24, 2.45) is 5.16 Å². The first kappa shape index (κ1) is 21.3. The lowest BCUT2D eigenvalue weighted by atomic mass is 10.0. The van der Waals surface area contributed by atoms with Gasteiger partial charge < -0.3 is 14.3 Å². The van der Waals surface area contributed by atoms with Crippen molar-refractivity contribution in [1.82, 2.24) is 0 Å². The number of hydrogen-bond acceptors (Lipinski definition) is 4. The van der Waals surface area contributed by atoms with Crippen molar-refractivity contribution in [2.75, 3.05) is 14.2 Å². The van der Waals surface area contributed by atoms with Gasteiger partial charge in [0.25, 0.3) is 0 Å². The molecule has 0 saturated carbocycles. The van der Waals surface area contributed by atoms with Crippen LogP contribution in [0.4, 0.5) is 0 Å². The van der Waals surface area contributed by atoms with Gasteiger partial charge in [0.2, 0.25) is 0 Å². The summed E-state index contributed by atoms with van der Waals surface area (Å²) in [4.78, 5) is 5.85. The molecule has 150 valence electrons. The Morgan fingerprint density at radius 3 is 1.62 bits per heavy atom. The van der Waals surface area contributed by atoms with Gasteiger partial charge in [-0.2, -0.15) is 0 Å². The Labute approximate surface area is 184 Å². The predicted octanol–water partition coefficient (Wildman–Crippen LogP) is 6.72. The van der Waals surface area contributed by atoms with E-state index < -0.39 is 6.10 Å². The van der Waals surface area contributed by atoms with Crippen molar-refractivity contribution in [1.29, 1.82) is 0 Å². The molecule has 0 aliphatic carbocycles. The van der Waals surface area contributed by atoms with E-state index in [0.29, 0.717) is 15.6 Å². The van der Waals surface area contributed by atoms with E-state index in [-0.39, 0.29) is 5.17 Å². The molecule has 0 saturated heterocycles. The van der Waals surface area contributed by atoms with Crippen LogP contribution in [0.5, 0.6) is 11.5 Å². The minimum atomic E-state index is -0.491. The van der Waals surface area contributed by atoms with Gasteiger partial charge in [-0.15, -0.1) is 0 Å². The Balaban J connectivity index is 1.93. The van der Waals surface area contributed by atoms with E-state index in [2.05, 4.69) is 5.16 Å². The molecule has 0 aliphatic rings. The molecular weight excluding hydrogens is 433 g/mol. The molecule has 0 bridgehead atoms. The third kappa shape index (κ3) is 5.57. The standard InChI is InChI=1S/C22H18Cl3NO3/c1-27-19-7-3-14(4-8-19)21(15-5-9-20(28-2)10-6-15)29-26-22(25)16-11-17(23)13-18(24)12-16/h3-13,21H,1-2H3/b26-22-. The van der Waals surface area contributed by atoms with E-state index >= 15 is 0 Å². The number of hydrogen-bond donors (Lipinski definition) is 0. The van der Waals surface area contributed by atoms with Crippen LogP contribution in [-0.2, 0) is 4.84 Å². The van der Waals surface area contributed by atoms with E-state index in [1.807, 2.05) is 48.5 Å². The zero-order valence-electron chi connectivity index (χ0n) is 15.7. The lowest BCUT2D eigenvalue weighted by Gasteiger charge is -2.17. The number of benzene rings is 3. The minimum absolute atomic E-state index is 0.140. The first-order valence-corrected chi connectivity index (χ1v) is 9.77. The number of rotatable bonds is 7. The van der Waals surface area contributed by atoms with E-state index in [4.69, 9.17) is 49.1 Å². The molecule has 0 radical (unpaired) electrons. The summed E-state index contributed by atoms with van der Waals surface area (Å²) in [5.41, 5.74) is 2.33. The third-order valence-electron chi connectivity index (χ3n) is 4.18. The molecule has 0 fully saturated rings. The van der Waals surface area contributed by atoms with Crippen molar-refractivity contribution in [2.45, 2.75) is 6.10 Å². The Hall–Kier alpha value is -2.40. The zero-order chi connectivity index (χ0) is 20.8. The summed E-state index contributed by atoms with van der Waals surface area (Å²) >= 11 is 18.4. The molecule has 0 aromatic heterocycles. The van der Waals surface area contributed by atoms with Gasteiger partial charge in [-0.25, -0.2) is 0 Å². The number of methoxy groups -OCH3 is 2. The van der Waals surface area contributed by atoms with Gasteiger partial charge in [-0.3, -0.25) is 0 Å². The van der Waals surface area contributed by atoms with Gasteiger partial charge in [0, 0.05) is 15.6 Å². The fourth-order valence-corrected chi connectivity index (χ4v) is 3.37. The highest BCUT2D eigenvalue weighted by Crippen LogP contribution is 2.30. The summed E-state index contributed by atoms with van der Waals surface area (Å²) in [7, 11) is 3.24. The number of halogens is 3. The average molecular weight is 451 g/mol. The Kier molecular flexibility index (Phi) is 7.26. The predicted molar refractivity (Wildman–Crippen MR) is 118 cm³/mol. The molecule has 3 aromatic rings. The van der Waals surface area contributed by atoms with Crippen molar-refractivity contribution in [3.63, 3.8) is 0 Å². The van der Waals surface area contributed by atoms with Gasteiger partial charge in [0.15, 0.2) is 11.3 Å². The van der Waals surface area contributed by atoms with E-state index in [1.54, 1.807) is 32.4 Å². The third-order valence-corrected chi connectivity index (χ3v) is 4.90. The van der Waals surface area contributed by atoms with Crippen molar-refractivity contribution in [3.8, 4) is 11.5 Å². The monoisotopic (exact) mass is 449 g/mol. The summed E-state index contributed by atoms with van der Waals surface area (Å²) in [5, 5.41) is 5.18. The highest BCUT2D eigenvalue weighted by molar-refractivity contribution is 6.69. The first-order valence-electron chi connectivity index (χ1n) is 8.64. The van der Waals surface area contributed by atoms with Gasteiger partial charge in [0.05, 0.1) is 14.2 Å². The maximum atomic E-state index is 6.33. The minimum Gasteiger partial charge on any atom is -0.497 e. The summed E-state index contributed by atoms with van der Waals surface area (Å²) in [6, 6.07) is 20.0. The fraction of sp³-hybridized carbons (Fsp3) is 0.136. The van der Waals surface area contributed by atoms with Crippen molar-refractivity contribution in [3.05, 3.63) is 93.5 Å². The molecule has 0 atom stereocenters. The van der Waals surface area contributed by atoms with E-state index in [0.717, 1.165) is 22.6 Å². The summed E-state index contributed by atoms with van der Waals surface area (Å²) < 4.78 is 10.5. The lowest BCUT2D eigenvalue weighted by molar-refractivity contribution is 0.0882. The lowest BCUT2D eigenvalue weighted by Crippen LogP contribution is -2.05. The topological polar surface area (TPSA) is 40.0 Å². The molecule has 3 aromatic carbocycles. The molecule has 4 nitrogen and oxygen atoms in total. The molecule has 7 heteroatoms. The Bertz CT molecular complexity index is 921.